The van der Waals surface area contributed by atoms with E-state index < -0.39 is 42.8 Å². The van der Waals surface area contributed by atoms with Crippen LogP contribution >= 0.6 is 0 Å². The number of carbonyl (C=O) groups excluding carboxylic acids is 1. The number of carboxylic acids is 1. The average molecular weight is 284 g/mol. The van der Waals surface area contributed by atoms with Crippen molar-refractivity contribution >= 4 is 18.0 Å². The van der Waals surface area contributed by atoms with Gasteiger partial charge in [0, 0.05) is 20.0 Å². The molecule has 2 atom stereocenters. The number of alkyl halides is 3. The number of halogens is 3. The molecule has 1 rings (SSSR count). The summed E-state index contributed by atoms with van der Waals surface area (Å²) in [7, 11) is 0.866. The van der Waals surface area contributed by atoms with Gasteiger partial charge in [0.1, 0.15) is 6.04 Å². The Morgan fingerprint density at radius 3 is 2.11 bits per heavy atom. The first kappa shape index (κ1) is 15.1. The Morgan fingerprint density at radius 1 is 1.26 bits per heavy atom. The molecule has 1 heterocycles. The fraction of sp³-hybridized carbons (Fsp3) is 0.667. The monoisotopic (exact) mass is 284 g/mol. The fourth-order valence-corrected chi connectivity index (χ4v) is 1.91. The van der Waals surface area contributed by atoms with Gasteiger partial charge in [-0.05, 0) is 0 Å². The van der Waals surface area contributed by atoms with Crippen LogP contribution < -0.4 is 0 Å². The summed E-state index contributed by atoms with van der Waals surface area (Å²) in [6, 6.07) is -2.57. The van der Waals surface area contributed by atoms with Crippen LogP contribution in [0.2, 0.25) is 0 Å². The largest absolute Gasteiger partial charge is 0.480 e. The van der Waals surface area contributed by atoms with E-state index in [9.17, 15) is 27.6 Å². The molecule has 0 spiro atoms. The Hall–Kier alpha value is -2.00. The molecule has 2 unspecified atom stereocenters. The second-order valence-corrected chi connectivity index (χ2v) is 4.09. The number of carbonyl (C=O) groups is 3. The molecule has 2 amide bonds. The lowest BCUT2D eigenvalue weighted by Gasteiger charge is -2.24. The Morgan fingerprint density at radius 2 is 1.79 bits per heavy atom. The van der Waals surface area contributed by atoms with E-state index in [0.29, 0.717) is 9.80 Å². The molecule has 0 bridgehead atoms. The minimum Gasteiger partial charge on any atom is -0.480 e. The van der Waals surface area contributed by atoms with Gasteiger partial charge in [-0.15, -0.1) is 0 Å². The maximum Gasteiger partial charge on any atom is 0.471 e. The summed E-state index contributed by atoms with van der Waals surface area (Å²) in [4.78, 5) is 33.4. The summed E-state index contributed by atoms with van der Waals surface area (Å²) >= 11 is 0. The zero-order chi connectivity index (χ0) is 15.0. The van der Waals surface area contributed by atoms with Crippen LogP contribution in [0.25, 0.3) is 0 Å². The van der Waals surface area contributed by atoms with Crippen LogP contribution in [-0.2, 0) is 9.59 Å². The van der Waals surface area contributed by atoms with E-state index in [4.69, 9.17) is 10.2 Å². The summed E-state index contributed by atoms with van der Waals surface area (Å²) in [6.07, 6.45) is -7.01. The normalized spacial score (nSPS) is 23.3. The molecule has 0 aliphatic carbocycles. The average Bonchev–Trinajstić information content (AvgIpc) is 2.70. The number of likely N-dealkylation sites (tertiary alicyclic amines) is 1. The smallest absolute Gasteiger partial charge is 0.471 e. The molecule has 1 aliphatic rings. The number of hydrogen-bond acceptors (Lipinski definition) is 3. The van der Waals surface area contributed by atoms with Crippen molar-refractivity contribution in [3.05, 3.63) is 0 Å². The number of carboxylic acid groups (broad SMARTS) is 2. The molecular weight excluding hydrogens is 273 g/mol. The SMILES string of the molecule is CN(C(=O)C(F)(F)F)C1CC(C(=O)O)N(C(=O)O)C1. The van der Waals surface area contributed by atoms with Crippen LogP contribution in [-0.4, -0.2) is 69.8 Å². The van der Waals surface area contributed by atoms with E-state index in [1.54, 1.807) is 0 Å². The molecule has 0 aromatic heterocycles. The highest BCUT2D eigenvalue weighted by Gasteiger charge is 2.48. The second-order valence-electron chi connectivity index (χ2n) is 4.09. The highest BCUT2D eigenvalue weighted by Crippen LogP contribution is 2.26. The van der Waals surface area contributed by atoms with Gasteiger partial charge in [0.25, 0.3) is 0 Å². The lowest BCUT2D eigenvalue weighted by molar-refractivity contribution is -0.186. The molecule has 1 fully saturated rings. The van der Waals surface area contributed by atoms with Crippen molar-refractivity contribution in [1.82, 2.24) is 9.80 Å². The standard InChI is InChI=1S/C9H11F3N2O5/c1-13(7(17)9(10,11)12)4-2-5(6(15)16)14(3-4)8(18)19/h4-5H,2-3H2,1H3,(H,15,16)(H,18,19). The third-order valence-electron chi connectivity index (χ3n) is 2.92. The third-order valence-corrected chi connectivity index (χ3v) is 2.92. The van der Waals surface area contributed by atoms with E-state index in [0.717, 1.165) is 7.05 Å². The van der Waals surface area contributed by atoms with Gasteiger partial charge in [-0.2, -0.15) is 13.2 Å². The van der Waals surface area contributed by atoms with E-state index in [-0.39, 0.29) is 6.42 Å². The molecule has 7 nitrogen and oxygen atoms in total. The zero-order valence-electron chi connectivity index (χ0n) is 9.72. The van der Waals surface area contributed by atoms with Crippen molar-refractivity contribution in [1.29, 1.82) is 0 Å². The van der Waals surface area contributed by atoms with Crippen molar-refractivity contribution < 1.29 is 37.8 Å². The molecule has 0 radical (unpaired) electrons. The quantitative estimate of drug-likeness (QED) is 0.755. The van der Waals surface area contributed by atoms with E-state index >= 15 is 0 Å². The summed E-state index contributed by atoms with van der Waals surface area (Å²) in [5.74, 6) is -3.59. The number of aliphatic carboxylic acids is 1. The van der Waals surface area contributed by atoms with Gasteiger partial charge in [0.15, 0.2) is 0 Å². The summed E-state index contributed by atoms with van der Waals surface area (Å²) in [5, 5.41) is 17.6. The molecule has 1 saturated heterocycles. The first-order valence-electron chi connectivity index (χ1n) is 5.12. The molecule has 19 heavy (non-hydrogen) atoms. The molecule has 108 valence electrons. The van der Waals surface area contributed by atoms with Crippen LogP contribution in [0.5, 0.6) is 0 Å². The molecule has 0 aromatic rings. The summed E-state index contributed by atoms with van der Waals surface area (Å²) in [5.41, 5.74) is 0. The number of amides is 2. The molecule has 10 heteroatoms. The number of rotatable bonds is 2. The van der Waals surface area contributed by atoms with Crippen LogP contribution in [0.4, 0.5) is 18.0 Å². The Labute approximate surface area is 105 Å². The van der Waals surface area contributed by atoms with Gasteiger partial charge >= 0.3 is 24.1 Å². The van der Waals surface area contributed by atoms with Gasteiger partial charge in [-0.25, -0.2) is 9.59 Å². The molecule has 2 N–H and O–H groups in total. The molecule has 1 aliphatic heterocycles. The fourth-order valence-electron chi connectivity index (χ4n) is 1.91. The van der Waals surface area contributed by atoms with Gasteiger partial charge in [-0.3, -0.25) is 9.69 Å². The lowest BCUT2D eigenvalue weighted by Crippen LogP contribution is -2.46. The van der Waals surface area contributed by atoms with E-state index in [2.05, 4.69) is 0 Å². The number of hydrogen-bond donors (Lipinski definition) is 2. The van der Waals surface area contributed by atoms with Crippen molar-refractivity contribution in [3.63, 3.8) is 0 Å². The zero-order valence-corrected chi connectivity index (χ0v) is 9.72. The van der Waals surface area contributed by atoms with Crippen molar-refractivity contribution in [2.24, 2.45) is 0 Å². The van der Waals surface area contributed by atoms with E-state index in [1.807, 2.05) is 0 Å². The van der Waals surface area contributed by atoms with E-state index in [1.165, 1.54) is 0 Å². The lowest BCUT2D eigenvalue weighted by atomic mass is 10.1. The van der Waals surface area contributed by atoms with Crippen LogP contribution in [0, 0.1) is 0 Å². The number of likely N-dealkylation sites (N-methyl/N-ethyl adjacent to an activating group) is 1. The maximum atomic E-state index is 12.2. The first-order valence-corrected chi connectivity index (χ1v) is 5.12. The molecule has 0 aromatic carbocycles. The summed E-state index contributed by atoms with van der Waals surface area (Å²) in [6.45, 7) is -0.468. The highest BCUT2D eigenvalue weighted by molar-refractivity contribution is 5.83. The predicted octanol–water partition coefficient (Wildman–Crippen LogP) is 0.213. The minimum absolute atomic E-state index is 0.332. The first-order chi connectivity index (χ1) is 8.55. The van der Waals surface area contributed by atoms with Gasteiger partial charge in [0.2, 0.25) is 0 Å². The van der Waals surface area contributed by atoms with Crippen molar-refractivity contribution in [3.8, 4) is 0 Å². The Balaban J connectivity index is 2.86. The van der Waals surface area contributed by atoms with Crippen molar-refractivity contribution in [2.75, 3.05) is 13.6 Å². The maximum absolute atomic E-state index is 12.2. The molecular formula is C9H11F3N2O5. The Bertz CT molecular complexity index is 389. The van der Waals surface area contributed by atoms with Crippen LogP contribution in [0.3, 0.4) is 0 Å². The third kappa shape index (κ3) is 3.06. The second kappa shape index (κ2) is 4.94. The minimum atomic E-state index is -5.08. The predicted molar refractivity (Wildman–Crippen MR) is 53.4 cm³/mol. The van der Waals surface area contributed by atoms with Crippen LogP contribution in [0.15, 0.2) is 0 Å². The van der Waals surface area contributed by atoms with Gasteiger partial charge < -0.3 is 15.1 Å². The van der Waals surface area contributed by atoms with Gasteiger partial charge in [0.05, 0.1) is 6.04 Å². The summed E-state index contributed by atoms with van der Waals surface area (Å²) < 4.78 is 36.7. The topological polar surface area (TPSA) is 98.2 Å². The highest BCUT2D eigenvalue weighted by atomic mass is 19.4. The van der Waals surface area contributed by atoms with Crippen molar-refractivity contribution in [2.45, 2.75) is 24.7 Å². The molecule has 0 saturated carbocycles. The Kier molecular flexibility index (Phi) is 3.91. The number of nitrogens with zero attached hydrogens (tertiary/aromatic N) is 2. The van der Waals surface area contributed by atoms with Crippen LogP contribution in [0.1, 0.15) is 6.42 Å². The van der Waals surface area contributed by atoms with Gasteiger partial charge in [-0.1, -0.05) is 0 Å².